The topological polar surface area (TPSA) is 87.3 Å². The maximum atomic E-state index is 13.1. The van der Waals surface area contributed by atoms with Crippen molar-refractivity contribution in [2.75, 3.05) is 10.6 Å². The maximum absolute atomic E-state index is 13.1. The van der Waals surface area contributed by atoms with E-state index in [4.69, 9.17) is 0 Å². The van der Waals surface area contributed by atoms with Crippen LogP contribution in [-0.4, -0.2) is 23.0 Å². The number of aryl methyl sites for hydroxylation is 1. The second-order valence-corrected chi connectivity index (χ2v) is 11.3. The summed E-state index contributed by atoms with van der Waals surface area (Å²) in [5.41, 5.74) is 4.16. The van der Waals surface area contributed by atoms with Gasteiger partial charge in [-0.25, -0.2) is 0 Å². The molecule has 4 rings (SSSR count). The molecule has 6 nitrogen and oxygen atoms in total. The minimum atomic E-state index is -0.436. The molecule has 1 atom stereocenters. The van der Waals surface area contributed by atoms with E-state index in [0.717, 1.165) is 26.6 Å². The SMILES string of the molecule is Cc1cccc(NC(=O)C(C)Sc2ccc(NC(=O)/C(=C/c3cccs3)NC(=O)c3ccccc3)cc2)c1C. The third-order valence-electron chi connectivity index (χ3n) is 6.02. The highest BCUT2D eigenvalue weighted by molar-refractivity contribution is 8.00. The molecule has 0 bridgehead atoms. The quantitative estimate of drug-likeness (QED) is 0.155. The monoisotopic (exact) mass is 555 g/mol. The molecule has 8 heteroatoms. The fourth-order valence-corrected chi connectivity index (χ4v) is 5.18. The molecule has 0 saturated carbocycles. The Kier molecular flexibility index (Phi) is 9.35. The van der Waals surface area contributed by atoms with Crippen LogP contribution >= 0.6 is 23.1 Å². The third-order valence-corrected chi connectivity index (χ3v) is 7.95. The van der Waals surface area contributed by atoms with Gasteiger partial charge < -0.3 is 16.0 Å². The van der Waals surface area contributed by atoms with Crippen LogP contribution in [0.4, 0.5) is 11.4 Å². The second kappa shape index (κ2) is 13.1. The molecular weight excluding hydrogens is 526 g/mol. The van der Waals surface area contributed by atoms with E-state index in [1.54, 1.807) is 42.5 Å². The van der Waals surface area contributed by atoms with Crippen molar-refractivity contribution in [3.8, 4) is 0 Å². The average molecular weight is 556 g/mol. The van der Waals surface area contributed by atoms with E-state index in [1.807, 2.05) is 74.7 Å². The predicted molar refractivity (Wildman–Crippen MR) is 161 cm³/mol. The highest BCUT2D eigenvalue weighted by Crippen LogP contribution is 2.27. The predicted octanol–water partition coefficient (Wildman–Crippen LogP) is 6.89. The number of thioether (sulfide) groups is 1. The summed E-state index contributed by atoms with van der Waals surface area (Å²) in [7, 11) is 0. The summed E-state index contributed by atoms with van der Waals surface area (Å²) in [6.45, 7) is 5.86. The summed E-state index contributed by atoms with van der Waals surface area (Å²) in [4.78, 5) is 40.4. The molecule has 3 N–H and O–H groups in total. The zero-order valence-electron chi connectivity index (χ0n) is 21.9. The van der Waals surface area contributed by atoms with Gasteiger partial charge in [0.1, 0.15) is 5.70 Å². The molecule has 3 amide bonds. The van der Waals surface area contributed by atoms with Crippen LogP contribution in [0.5, 0.6) is 0 Å². The lowest BCUT2D eigenvalue weighted by Crippen LogP contribution is -2.30. The first-order chi connectivity index (χ1) is 18.8. The van der Waals surface area contributed by atoms with Crippen molar-refractivity contribution in [1.29, 1.82) is 0 Å². The summed E-state index contributed by atoms with van der Waals surface area (Å²) in [6, 6.07) is 25.6. The molecule has 0 saturated heterocycles. The highest BCUT2D eigenvalue weighted by atomic mass is 32.2. The van der Waals surface area contributed by atoms with Crippen molar-refractivity contribution in [2.24, 2.45) is 0 Å². The zero-order valence-corrected chi connectivity index (χ0v) is 23.5. The summed E-state index contributed by atoms with van der Waals surface area (Å²) in [5.74, 6) is -0.883. The van der Waals surface area contributed by atoms with Crippen LogP contribution in [0, 0.1) is 13.8 Å². The molecule has 1 unspecified atom stereocenters. The molecule has 0 aliphatic heterocycles. The summed E-state index contributed by atoms with van der Waals surface area (Å²) in [6.07, 6.45) is 1.65. The van der Waals surface area contributed by atoms with E-state index in [1.165, 1.54) is 23.1 Å². The maximum Gasteiger partial charge on any atom is 0.272 e. The number of benzene rings is 3. The minimum Gasteiger partial charge on any atom is -0.325 e. The van der Waals surface area contributed by atoms with Crippen LogP contribution in [0.15, 0.2) is 101 Å². The van der Waals surface area contributed by atoms with E-state index in [2.05, 4.69) is 16.0 Å². The van der Waals surface area contributed by atoms with Gasteiger partial charge in [-0.15, -0.1) is 23.1 Å². The first-order valence-corrected chi connectivity index (χ1v) is 14.1. The number of nitrogens with one attached hydrogen (secondary N) is 3. The van der Waals surface area contributed by atoms with Crippen molar-refractivity contribution in [2.45, 2.75) is 30.9 Å². The number of thiophene rings is 1. The van der Waals surface area contributed by atoms with Crippen LogP contribution in [0.2, 0.25) is 0 Å². The smallest absolute Gasteiger partial charge is 0.272 e. The van der Waals surface area contributed by atoms with E-state index >= 15 is 0 Å². The van der Waals surface area contributed by atoms with Gasteiger partial charge in [0.05, 0.1) is 5.25 Å². The van der Waals surface area contributed by atoms with Gasteiger partial charge in [0.15, 0.2) is 0 Å². The van der Waals surface area contributed by atoms with Gasteiger partial charge in [-0.2, -0.15) is 0 Å². The number of carbonyl (C=O) groups is 3. The molecule has 0 spiro atoms. The third kappa shape index (κ3) is 7.69. The Labute approximate surface area is 236 Å². The Morgan fingerprint density at radius 1 is 0.846 bits per heavy atom. The van der Waals surface area contributed by atoms with Gasteiger partial charge in [0.2, 0.25) is 5.91 Å². The minimum absolute atomic E-state index is 0.0800. The van der Waals surface area contributed by atoms with Gasteiger partial charge in [-0.3, -0.25) is 14.4 Å². The lowest BCUT2D eigenvalue weighted by atomic mass is 10.1. The Hall–Kier alpha value is -4.14. The largest absolute Gasteiger partial charge is 0.325 e. The molecule has 0 radical (unpaired) electrons. The van der Waals surface area contributed by atoms with Crippen molar-refractivity contribution in [3.63, 3.8) is 0 Å². The summed E-state index contributed by atoms with van der Waals surface area (Å²) >= 11 is 2.90. The first kappa shape index (κ1) is 27.9. The number of amides is 3. The number of rotatable bonds is 9. The molecule has 0 aliphatic carbocycles. The Balaban J connectivity index is 1.40. The van der Waals surface area contributed by atoms with Gasteiger partial charge in [0.25, 0.3) is 11.8 Å². The highest BCUT2D eigenvalue weighted by Gasteiger charge is 2.17. The van der Waals surface area contributed by atoms with Gasteiger partial charge >= 0.3 is 0 Å². The molecular formula is C31H29N3O3S2. The lowest BCUT2D eigenvalue weighted by Gasteiger charge is -2.15. The summed E-state index contributed by atoms with van der Waals surface area (Å²) < 4.78 is 0. The fraction of sp³-hybridized carbons (Fsp3) is 0.129. The van der Waals surface area contributed by atoms with Crippen LogP contribution in [-0.2, 0) is 9.59 Å². The molecule has 1 heterocycles. The zero-order chi connectivity index (χ0) is 27.8. The van der Waals surface area contributed by atoms with Crippen LogP contribution in [0.3, 0.4) is 0 Å². The normalized spacial score (nSPS) is 11.9. The molecule has 198 valence electrons. The number of anilines is 2. The van der Waals surface area contributed by atoms with Crippen LogP contribution in [0.25, 0.3) is 6.08 Å². The lowest BCUT2D eigenvalue weighted by molar-refractivity contribution is -0.115. The van der Waals surface area contributed by atoms with Crippen molar-refractivity contribution < 1.29 is 14.4 Å². The fourth-order valence-electron chi connectivity index (χ4n) is 3.65. The Morgan fingerprint density at radius 3 is 2.28 bits per heavy atom. The van der Waals surface area contributed by atoms with Gasteiger partial charge in [0, 0.05) is 26.7 Å². The van der Waals surface area contributed by atoms with E-state index in [-0.39, 0.29) is 22.8 Å². The Morgan fingerprint density at radius 2 is 1.59 bits per heavy atom. The van der Waals surface area contributed by atoms with E-state index in [9.17, 15) is 14.4 Å². The van der Waals surface area contributed by atoms with Crippen LogP contribution < -0.4 is 16.0 Å². The first-order valence-electron chi connectivity index (χ1n) is 12.4. The average Bonchev–Trinajstić information content (AvgIpc) is 3.45. The van der Waals surface area contributed by atoms with E-state index in [0.29, 0.717) is 11.3 Å². The van der Waals surface area contributed by atoms with E-state index < -0.39 is 5.91 Å². The Bertz CT molecular complexity index is 1480. The van der Waals surface area contributed by atoms with Crippen molar-refractivity contribution in [1.82, 2.24) is 5.32 Å². The molecule has 1 aromatic heterocycles. The number of carbonyl (C=O) groups excluding carboxylic acids is 3. The number of hydrogen-bond donors (Lipinski definition) is 3. The molecule has 0 fully saturated rings. The molecule has 4 aromatic rings. The molecule has 39 heavy (non-hydrogen) atoms. The molecule has 3 aromatic carbocycles. The van der Waals surface area contributed by atoms with Gasteiger partial charge in [-0.1, -0.05) is 36.4 Å². The van der Waals surface area contributed by atoms with Gasteiger partial charge in [-0.05, 0) is 91.9 Å². The van der Waals surface area contributed by atoms with Crippen molar-refractivity contribution in [3.05, 3.63) is 118 Å². The summed E-state index contributed by atoms with van der Waals surface area (Å²) in [5, 5.41) is 10.2. The second-order valence-electron chi connectivity index (χ2n) is 8.87. The standard InChI is InChI=1S/C31H29N3O3S2/c1-20-9-7-13-27(21(20)2)33-29(35)22(3)39-25-16-14-24(15-17-25)32-31(37)28(19-26-12-8-18-38-26)34-30(36)23-10-5-4-6-11-23/h4-19,22H,1-3H3,(H,32,37)(H,33,35)(H,34,36)/b28-19-. The number of hydrogen-bond acceptors (Lipinski definition) is 5. The molecule has 0 aliphatic rings. The van der Waals surface area contributed by atoms with Crippen LogP contribution in [0.1, 0.15) is 33.3 Å². The van der Waals surface area contributed by atoms with Crippen molar-refractivity contribution >= 4 is 58.3 Å².